The molecule has 0 aliphatic rings. The Morgan fingerprint density at radius 3 is 2.72 bits per heavy atom. The van der Waals surface area contributed by atoms with Crippen LogP contribution in [0.1, 0.15) is 35.5 Å². The van der Waals surface area contributed by atoms with E-state index in [1.807, 2.05) is 67.1 Å². The van der Waals surface area contributed by atoms with Crippen LogP contribution in [0.25, 0.3) is 11.3 Å². The fraction of sp³-hybridized carbons (Fsp3) is 0.259. The molecule has 1 N–H and O–H groups in total. The number of nitrogens with zero attached hydrogens (tertiary/aromatic N) is 4. The first-order valence-corrected chi connectivity index (χ1v) is 13.4. The molecule has 0 aliphatic carbocycles. The van der Waals surface area contributed by atoms with E-state index in [1.54, 1.807) is 6.08 Å². The molecule has 2 aromatic carbocycles. The van der Waals surface area contributed by atoms with E-state index < -0.39 is 0 Å². The van der Waals surface area contributed by atoms with Crippen LogP contribution in [0.4, 0.5) is 5.13 Å². The molecule has 4 rings (SSSR count). The quantitative estimate of drug-likeness (QED) is 0.193. The molecule has 36 heavy (non-hydrogen) atoms. The second-order valence-electron chi connectivity index (χ2n) is 8.44. The molecule has 2 aromatic heterocycles. The molecule has 0 saturated heterocycles. The number of anilines is 1. The van der Waals surface area contributed by atoms with Gasteiger partial charge in [0, 0.05) is 17.5 Å². The Morgan fingerprint density at radius 2 is 1.97 bits per heavy atom. The summed E-state index contributed by atoms with van der Waals surface area (Å²) in [6.45, 7) is 12.5. The third-order valence-electron chi connectivity index (χ3n) is 5.71. The van der Waals surface area contributed by atoms with Gasteiger partial charge in [-0.3, -0.25) is 9.36 Å². The molecule has 1 atom stereocenters. The van der Waals surface area contributed by atoms with Gasteiger partial charge in [0.25, 0.3) is 0 Å². The summed E-state index contributed by atoms with van der Waals surface area (Å²) in [5.41, 5.74) is 5.32. The Morgan fingerprint density at radius 1 is 1.19 bits per heavy atom. The summed E-state index contributed by atoms with van der Waals surface area (Å²) in [6.07, 6.45) is 1.46. The molecule has 2 heterocycles. The number of ether oxygens (including phenoxy) is 1. The van der Waals surface area contributed by atoms with Crippen molar-refractivity contribution in [2.45, 2.75) is 45.5 Å². The van der Waals surface area contributed by atoms with Crippen molar-refractivity contribution >= 4 is 34.1 Å². The molecule has 186 valence electrons. The van der Waals surface area contributed by atoms with Gasteiger partial charge in [-0.25, -0.2) is 4.98 Å². The van der Waals surface area contributed by atoms with Gasteiger partial charge in [-0.15, -0.1) is 28.1 Å². The molecule has 1 amide bonds. The van der Waals surface area contributed by atoms with Crippen molar-refractivity contribution in [2.75, 3.05) is 11.1 Å². The van der Waals surface area contributed by atoms with Crippen molar-refractivity contribution in [1.82, 2.24) is 19.7 Å². The van der Waals surface area contributed by atoms with E-state index in [-0.39, 0.29) is 17.8 Å². The lowest BCUT2D eigenvalue weighted by atomic mass is 10.1. The Kier molecular flexibility index (Phi) is 8.22. The topological polar surface area (TPSA) is 81.9 Å². The van der Waals surface area contributed by atoms with Gasteiger partial charge >= 0.3 is 0 Å². The Labute approximate surface area is 219 Å². The lowest BCUT2D eigenvalue weighted by Crippen LogP contribution is -2.15. The van der Waals surface area contributed by atoms with Crippen LogP contribution in [0.3, 0.4) is 0 Å². The van der Waals surface area contributed by atoms with Crippen LogP contribution in [0.2, 0.25) is 0 Å². The molecule has 0 spiro atoms. The number of thioether (sulfide) groups is 1. The average molecular weight is 520 g/mol. The SMILES string of the molecule is C=CCn1c(SCC(=O)Nc2nc(-c3ccc(C)cc3)cs2)nnc1C(C)Oc1cccc(C)c1C. The second-order valence-corrected chi connectivity index (χ2v) is 10.2. The molecule has 9 heteroatoms. The third-order valence-corrected chi connectivity index (χ3v) is 7.43. The van der Waals surface area contributed by atoms with Gasteiger partial charge < -0.3 is 10.1 Å². The van der Waals surface area contributed by atoms with Crippen molar-refractivity contribution < 1.29 is 9.53 Å². The van der Waals surface area contributed by atoms with Crippen molar-refractivity contribution in [3.63, 3.8) is 0 Å². The fourth-order valence-corrected chi connectivity index (χ4v) is 5.07. The molecule has 0 saturated carbocycles. The number of aryl methyl sites for hydroxylation is 2. The van der Waals surface area contributed by atoms with Crippen LogP contribution in [0.5, 0.6) is 5.75 Å². The summed E-state index contributed by atoms with van der Waals surface area (Å²) in [5.74, 6) is 1.53. The van der Waals surface area contributed by atoms with Crippen molar-refractivity contribution in [3.8, 4) is 17.0 Å². The van der Waals surface area contributed by atoms with E-state index in [4.69, 9.17) is 4.74 Å². The molecule has 4 aromatic rings. The van der Waals surface area contributed by atoms with Gasteiger partial charge in [-0.05, 0) is 44.9 Å². The van der Waals surface area contributed by atoms with E-state index in [0.717, 1.165) is 22.6 Å². The highest BCUT2D eigenvalue weighted by Gasteiger charge is 2.21. The lowest BCUT2D eigenvalue weighted by molar-refractivity contribution is -0.113. The van der Waals surface area contributed by atoms with E-state index in [9.17, 15) is 4.79 Å². The van der Waals surface area contributed by atoms with Crippen molar-refractivity contribution in [1.29, 1.82) is 0 Å². The zero-order valence-electron chi connectivity index (χ0n) is 20.8. The van der Waals surface area contributed by atoms with Crippen molar-refractivity contribution in [3.05, 3.63) is 83.0 Å². The van der Waals surface area contributed by atoms with E-state index >= 15 is 0 Å². The first-order valence-electron chi connectivity index (χ1n) is 11.6. The van der Waals surface area contributed by atoms with Crippen LogP contribution in [0, 0.1) is 20.8 Å². The maximum Gasteiger partial charge on any atom is 0.236 e. The van der Waals surface area contributed by atoms with Crippen LogP contribution in [0.15, 0.2) is 65.7 Å². The number of benzene rings is 2. The van der Waals surface area contributed by atoms with Gasteiger partial charge in [0.05, 0.1) is 11.4 Å². The number of carbonyl (C=O) groups is 1. The number of hydrogen-bond acceptors (Lipinski definition) is 7. The molecule has 0 fully saturated rings. The summed E-state index contributed by atoms with van der Waals surface area (Å²) in [5, 5.41) is 14.7. The lowest BCUT2D eigenvalue weighted by Gasteiger charge is -2.18. The van der Waals surface area contributed by atoms with Crippen molar-refractivity contribution in [2.24, 2.45) is 0 Å². The van der Waals surface area contributed by atoms with Gasteiger partial charge in [0.1, 0.15) is 5.75 Å². The first-order chi connectivity index (χ1) is 17.4. The molecular weight excluding hydrogens is 490 g/mol. The smallest absolute Gasteiger partial charge is 0.236 e. The van der Waals surface area contributed by atoms with E-state index in [1.165, 1.54) is 34.2 Å². The summed E-state index contributed by atoms with van der Waals surface area (Å²) in [4.78, 5) is 17.2. The molecule has 7 nitrogen and oxygen atoms in total. The number of nitrogens with one attached hydrogen (secondary N) is 1. The molecule has 1 unspecified atom stereocenters. The number of amides is 1. The Bertz CT molecular complexity index is 1360. The van der Waals surface area contributed by atoms with E-state index in [2.05, 4.69) is 40.1 Å². The predicted molar refractivity (Wildman–Crippen MR) is 147 cm³/mol. The van der Waals surface area contributed by atoms with Gasteiger partial charge in [0.15, 0.2) is 22.2 Å². The standard InChI is InChI=1S/C27H29N5O2S2/c1-6-14-32-25(20(5)34-23-9-7-8-18(3)19(23)4)30-31-27(32)36-16-24(33)29-26-28-22(15-35-26)21-12-10-17(2)11-13-21/h6-13,15,20H,1,14,16H2,2-5H3,(H,28,29,33). The fourth-order valence-electron chi connectivity index (χ4n) is 3.58. The largest absolute Gasteiger partial charge is 0.482 e. The molecule has 0 aliphatic heterocycles. The minimum Gasteiger partial charge on any atom is -0.482 e. The number of allylic oxidation sites excluding steroid dienone is 1. The zero-order chi connectivity index (χ0) is 25.7. The number of hydrogen-bond donors (Lipinski definition) is 1. The van der Waals surface area contributed by atoms with Gasteiger partial charge in [-0.1, -0.05) is 59.8 Å². The predicted octanol–water partition coefficient (Wildman–Crippen LogP) is 6.38. The highest BCUT2D eigenvalue weighted by atomic mass is 32.2. The number of aromatic nitrogens is 4. The Balaban J connectivity index is 1.40. The Hall–Kier alpha value is -3.43. The average Bonchev–Trinajstić information content (AvgIpc) is 3.48. The normalized spacial score (nSPS) is 11.8. The number of carbonyl (C=O) groups excluding carboxylic acids is 1. The summed E-state index contributed by atoms with van der Waals surface area (Å²) in [6, 6.07) is 14.1. The summed E-state index contributed by atoms with van der Waals surface area (Å²) in [7, 11) is 0. The highest BCUT2D eigenvalue weighted by Crippen LogP contribution is 2.29. The molecular formula is C27H29N5O2S2. The highest BCUT2D eigenvalue weighted by molar-refractivity contribution is 7.99. The minimum atomic E-state index is -0.323. The summed E-state index contributed by atoms with van der Waals surface area (Å²) < 4.78 is 8.14. The van der Waals surface area contributed by atoms with Crippen LogP contribution < -0.4 is 10.1 Å². The third kappa shape index (κ3) is 6.03. The second kappa shape index (κ2) is 11.5. The monoisotopic (exact) mass is 519 g/mol. The minimum absolute atomic E-state index is 0.154. The zero-order valence-corrected chi connectivity index (χ0v) is 22.4. The number of rotatable bonds is 10. The number of thiazole rings is 1. The van der Waals surface area contributed by atoms with E-state index in [0.29, 0.717) is 22.7 Å². The molecule has 0 radical (unpaired) electrons. The van der Waals surface area contributed by atoms with Gasteiger partial charge in [-0.2, -0.15) is 0 Å². The molecule has 0 bridgehead atoms. The van der Waals surface area contributed by atoms with Crippen LogP contribution in [-0.4, -0.2) is 31.4 Å². The maximum atomic E-state index is 12.6. The summed E-state index contributed by atoms with van der Waals surface area (Å²) >= 11 is 2.73. The van der Waals surface area contributed by atoms with Gasteiger partial charge in [0.2, 0.25) is 5.91 Å². The van der Waals surface area contributed by atoms with Crippen LogP contribution >= 0.6 is 23.1 Å². The maximum absolute atomic E-state index is 12.6. The first kappa shape index (κ1) is 25.7. The van der Waals surface area contributed by atoms with Crippen LogP contribution in [-0.2, 0) is 11.3 Å².